The number of carbonyl (C=O) groups excluding carboxylic acids is 2. The highest BCUT2D eigenvalue weighted by Gasteiger charge is 2.24. The van der Waals surface area contributed by atoms with Crippen LogP contribution >= 0.6 is 11.8 Å². The minimum atomic E-state index is 0.0471. The van der Waals surface area contributed by atoms with Gasteiger partial charge in [0.25, 0.3) is 0 Å². The van der Waals surface area contributed by atoms with Crippen molar-refractivity contribution in [3.05, 3.63) is 0 Å². The van der Waals surface area contributed by atoms with Crippen molar-refractivity contribution in [2.45, 2.75) is 13.8 Å². The van der Waals surface area contributed by atoms with E-state index >= 15 is 0 Å². The smallest absolute Gasteiger partial charge is 0.242 e. The van der Waals surface area contributed by atoms with Crippen LogP contribution in [0.1, 0.15) is 13.8 Å². The van der Waals surface area contributed by atoms with Gasteiger partial charge in [0.2, 0.25) is 11.8 Å². The van der Waals surface area contributed by atoms with Crippen LogP contribution in [-0.4, -0.2) is 52.9 Å². The second-order valence-corrected chi connectivity index (χ2v) is 4.09. The van der Waals surface area contributed by atoms with Crippen LogP contribution < -0.4 is 0 Å². The monoisotopic (exact) mass is 216 g/mol. The van der Waals surface area contributed by atoms with E-state index < -0.39 is 0 Å². The molecule has 0 aromatic carbocycles. The Morgan fingerprint density at radius 1 is 1.50 bits per heavy atom. The highest BCUT2D eigenvalue weighted by atomic mass is 32.2. The lowest BCUT2D eigenvalue weighted by molar-refractivity contribution is -0.137. The Hall–Kier alpha value is -0.710. The molecule has 5 heteroatoms. The number of hydrogen-bond acceptors (Lipinski definition) is 3. The van der Waals surface area contributed by atoms with Crippen molar-refractivity contribution in [3.8, 4) is 0 Å². The quantitative estimate of drug-likeness (QED) is 0.682. The van der Waals surface area contributed by atoms with E-state index in [2.05, 4.69) is 0 Å². The third-order valence-electron chi connectivity index (χ3n) is 2.27. The second kappa shape index (κ2) is 5.24. The summed E-state index contributed by atoms with van der Waals surface area (Å²) in [6, 6.07) is 0. The fourth-order valence-electron chi connectivity index (χ4n) is 1.38. The summed E-state index contributed by atoms with van der Waals surface area (Å²) in [6.07, 6.45) is 0. The topological polar surface area (TPSA) is 40.6 Å². The van der Waals surface area contributed by atoms with Gasteiger partial charge in [-0.15, -0.1) is 11.8 Å². The first-order valence-electron chi connectivity index (χ1n) is 4.82. The summed E-state index contributed by atoms with van der Waals surface area (Å²) in [7, 11) is 0. The molecule has 1 fully saturated rings. The lowest BCUT2D eigenvalue weighted by Gasteiger charge is -2.22. The lowest BCUT2D eigenvalue weighted by Crippen LogP contribution is -2.40. The van der Waals surface area contributed by atoms with Crippen LogP contribution in [0, 0.1) is 0 Å². The van der Waals surface area contributed by atoms with Gasteiger partial charge in [-0.05, 0) is 13.8 Å². The average molecular weight is 216 g/mol. The average Bonchev–Trinajstić information content (AvgIpc) is 2.54. The largest absolute Gasteiger partial charge is 0.342 e. The molecule has 0 saturated carbocycles. The zero-order chi connectivity index (χ0) is 10.6. The zero-order valence-corrected chi connectivity index (χ0v) is 9.47. The number of likely N-dealkylation sites (N-methyl/N-ethyl adjacent to an activating group) is 1. The molecule has 1 aliphatic heterocycles. The first-order chi connectivity index (χ1) is 6.69. The third kappa shape index (κ3) is 2.64. The molecule has 14 heavy (non-hydrogen) atoms. The molecule has 0 aliphatic carbocycles. The van der Waals surface area contributed by atoms with Crippen molar-refractivity contribution in [2.75, 3.05) is 31.3 Å². The van der Waals surface area contributed by atoms with Gasteiger partial charge in [-0.25, -0.2) is 0 Å². The van der Waals surface area contributed by atoms with Gasteiger partial charge in [0.1, 0.15) is 6.54 Å². The number of nitrogens with zero attached hydrogens (tertiary/aromatic N) is 2. The van der Waals surface area contributed by atoms with Crippen LogP contribution in [-0.2, 0) is 9.59 Å². The van der Waals surface area contributed by atoms with Crippen LogP contribution in [0.25, 0.3) is 0 Å². The molecule has 1 heterocycles. The number of rotatable bonds is 4. The fourth-order valence-corrected chi connectivity index (χ4v) is 2.28. The Morgan fingerprint density at radius 2 is 2.14 bits per heavy atom. The molecule has 0 aromatic rings. The van der Waals surface area contributed by atoms with Crippen molar-refractivity contribution in [2.24, 2.45) is 0 Å². The highest BCUT2D eigenvalue weighted by molar-refractivity contribution is 8.00. The van der Waals surface area contributed by atoms with Crippen LogP contribution in [0.2, 0.25) is 0 Å². The van der Waals surface area contributed by atoms with Gasteiger partial charge in [0, 0.05) is 13.1 Å². The summed E-state index contributed by atoms with van der Waals surface area (Å²) in [5, 5.41) is 0. The molecule has 0 N–H and O–H groups in total. The summed E-state index contributed by atoms with van der Waals surface area (Å²) in [4.78, 5) is 26.2. The molecule has 80 valence electrons. The Bertz CT molecular complexity index is 229. The van der Waals surface area contributed by atoms with Crippen molar-refractivity contribution in [3.63, 3.8) is 0 Å². The Kier molecular flexibility index (Phi) is 4.25. The molecule has 0 bridgehead atoms. The number of amides is 2. The van der Waals surface area contributed by atoms with Crippen LogP contribution in [0.5, 0.6) is 0 Å². The van der Waals surface area contributed by atoms with Gasteiger partial charge >= 0.3 is 0 Å². The first kappa shape index (κ1) is 11.4. The SMILES string of the molecule is CCN(CC)C(=O)CN1CSCC1=O. The van der Waals surface area contributed by atoms with E-state index in [0.717, 1.165) is 0 Å². The summed E-state index contributed by atoms with van der Waals surface area (Å²) >= 11 is 1.56. The molecule has 4 nitrogen and oxygen atoms in total. The van der Waals surface area contributed by atoms with Gasteiger partial charge in [0.15, 0.2) is 0 Å². The maximum Gasteiger partial charge on any atom is 0.242 e. The van der Waals surface area contributed by atoms with E-state index in [9.17, 15) is 9.59 Å². The highest BCUT2D eigenvalue weighted by Crippen LogP contribution is 2.14. The molecule has 0 atom stereocenters. The summed E-state index contributed by atoms with van der Waals surface area (Å²) in [6.45, 7) is 5.56. The maximum absolute atomic E-state index is 11.6. The standard InChI is InChI=1S/C9H16N2O2S/c1-3-10(4-2)8(12)5-11-7-14-6-9(11)13/h3-7H2,1-2H3. The predicted octanol–water partition coefficient (Wildman–Crippen LogP) is 0.388. The fraction of sp³-hybridized carbons (Fsp3) is 0.778. The molecule has 0 aromatic heterocycles. The number of carbonyl (C=O) groups is 2. The molecule has 2 amide bonds. The minimum absolute atomic E-state index is 0.0471. The number of thioether (sulfide) groups is 1. The zero-order valence-electron chi connectivity index (χ0n) is 8.65. The van der Waals surface area contributed by atoms with E-state index in [1.807, 2.05) is 13.8 Å². The third-order valence-corrected chi connectivity index (χ3v) is 3.21. The first-order valence-corrected chi connectivity index (χ1v) is 5.97. The summed E-state index contributed by atoms with van der Waals surface area (Å²) in [5.41, 5.74) is 0. The van der Waals surface area contributed by atoms with Gasteiger partial charge in [0.05, 0.1) is 11.6 Å². The predicted molar refractivity (Wildman–Crippen MR) is 57.0 cm³/mol. The molecule has 1 rings (SSSR count). The molecule has 0 radical (unpaired) electrons. The lowest BCUT2D eigenvalue weighted by atomic mass is 10.4. The van der Waals surface area contributed by atoms with E-state index in [1.54, 1.807) is 21.6 Å². The Balaban J connectivity index is 2.43. The van der Waals surface area contributed by atoms with Gasteiger partial charge in [-0.3, -0.25) is 9.59 Å². The minimum Gasteiger partial charge on any atom is -0.342 e. The molecule has 0 unspecified atom stereocenters. The molecule has 0 spiro atoms. The Morgan fingerprint density at radius 3 is 2.57 bits per heavy atom. The van der Waals surface area contributed by atoms with Crippen LogP contribution in [0.3, 0.4) is 0 Å². The molecule has 1 saturated heterocycles. The van der Waals surface area contributed by atoms with Gasteiger partial charge < -0.3 is 9.80 Å². The number of hydrogen-bond donors (Lipinski definition) is 0. The molecule has 1 aliphatic rings. The normalized spacial score (nSPS) is 16.1. The molecular formula is C9H16N2O2S. The summed E-state index contributed by atoms with van der Waals surface area (Å²) in [5.74, 6) is 1.30. The maximum atomic E-state index is 11.6. The van der Waals surface area contributed by atoms with E-state index in [-0.39, 0.29) is 18.4 Å². The van der Waals surface area contributed by atoms with Crippen LogP contribution in [0.15, 0.2) is 0 Å². The van der Waals surface area contributed by atoms with Crippen molar-refractivity contribution >= 4 is 23.6 Å². The Labute approximate surface area is 88.6 Å². The van der Waals surface area contributed by atoms with E-state index in [0.29, 0.717) is 24.7 Å². The molecular weight excluding hydrogens is 200 g/mol. The van der Waals surface area contributed by atoms with Crippen LogP contribution in [0.4, 0.5) is 0 Å². The van der Waals surface area contributed by atoms with Gasteiger partial charge in [-0.1, -0.05) is 0 Å². The van der Waals surface area contributed by atoms with E-state index in [1.165, 1.54) is 0 Å². The van der Waals surface area contributed by atoms with Crippen molar-refractivity contribution in [1.29, 1.82) is 0 Å². The summed E-state index contributed by atoms with van der Waals surface area (Å²) < 4.78 is 0. The van der Waals surface area contributed by atoms with Gasteiger partial charge in [-0.2, -0.15) is 0 Å². The van der Waals surface area contributed by atoms with Crippen molar-refractivity contribution < 1.29 is 9.59 Å². The second-order valence-electron chi connectivity index (χ2n) is 3.14. The van der Waals surface area contributed by atoms with Crippen molar-refractivity contribution in [1.82, 2.24) is 9.80 Å². The van der Waals surface area contributed by atoms with E-state index in [4.69, 9.17) is 0 Å².